The minimum Gasteiger partial charge on any atom is -0.325 e. The molecule has 0 atom stereocenters. The predicted molar refractivity (Wildman–Crippen MR) is 81.1 cm³/mol. The molecule has 9 heteroatoms. The van der Waals surface area contributed by atoms with Gasteiger partial charge in [0.15, 0.2) is 0 Å². The quantitative estimate of drug-likeness (QED) is 0.565. The minimum absolute atomic E-state index is 0.135. The zero-order chi connectivity index (χ0) is 15.3. The first-order chi connectivity index (χ1) is 9.92. The molecule has 1 aliphatic heterocycles. The van der Waals surface area contributed by atoms with Crippen molar-refractivity contribution in [2.75, 3.05) is 42.8 Å². The van der Waals surface area contributed by atoms with Crippen molar-refractivity contribution in [2.45, 2.75) is 0 Å². The van der Waals surface area contributed by atoms with Crippen molar-refractivity contribution in [1.82, 2.24) is 10.2 Å². The normalized spacial score (nSPS) is 16.4. The van der Waals surface area contributed by atoms with Gasteiger partial charge in [0, 0.05) is 31.9 Å². The first-order valence-electron chi connectivity index (χ1n) is 6.56. The Balaban J connectivity index is 1.92. The van der Waals surface area contributed by atoms with Crippen LogP contribution in [0.25, 0.3) is 0 Å². The maximum absolute atomic E-state index is 11.9. The number of hydrogen-bond donors (Lipinski definition) is 4. The molecule has 21 heavy (non-hydrogen) atoms. The van der Waals surface area contributed by atoms with Gasteiger partial charge in [-0.05, 0) is 18.2 Å². The average Bonchev–Trinajstić information content (AvgIpc) is 2.38. The predicted octanol–water partition coefficient (Wildman–Crippen LogP) is -0.854. The Labute approximate surface area is 123 Å². The van der Waals surface area contributed by atoms with Gasteiger partial charge in [-0.15, -0.1) is 0 Å². The zero-order valence-corrected chi connectivity index (χ0v) is 12.3. The second-order valence-corrected chi connectivity index (χ2v) is 6.10. The number of carbonyl (C=O) groups is 1. The van der Waals surface area contributed by atoms with E-state index in [4.69, 9.17) is 5.14 Å². The van der Waals surface area contributed by atoms with Crippen LogP contribution in [0.4, 0.5) is 11.4 Å². The number of piperazine rings is 1. The first kappa shape index (κ1) is 15.7. The Morgan fingerprint density at radius 1 is 1.29 bits per heavy atom. The fraction of sp³-hybridized carbons (Fsp3) is 0.417. The van der Waals surface area contributed by atoms with E-state index >= 15 is 0 Å². The molecule has 0 aromatic heterocycles. The van der Waals surface area contributed by atoms with Crippen LogP contribution in [0, 0.1) is 0 Å². The smallest absolute Gasteiger partial charge is 0.296 e. The lowest BCUT2D eigenvalue weighted by Crippen LogP contribution is -2.46. The first-order valence-corrected chi connectivity index (χ1v) is 8.10. The van der Waals surface area contributed by atoms with Crippen LogP contribution in [0.2, 0.25) is 0 Å². The molecule has 116 valence electrons. The largest absolute Gasteiger partial charge is 0.325 e. The van der Waals surface area contributed by atoms with E-state index < -0.39 is 10.2 Å². The summed E-state index contributed by atoms with van der Waals surface area (Å²) in [7, 11) is -3.82. The van der Waals surface area contributed by atoms with Crippen LogP contribution >= 0.6 is 0 Å². The fourth-order valence-electron chi connectivity index (χ4n) is 2.10. The molecule has 1 aromatic rings. The third kappa shape index (κ3) is 5.68. The van der Waals surface area contributed by atoms with Gasteiger partial charge in [0.25, 0.3) is 10.2 Å². The van der Waals surface area contributed by atoms with Crippen LogP contribution in [0.3, 0.4) is 0 Å². The Morgan fingerprint density at radius 2 is 1.95 bits per heavy atom. The number of nitrogens with zero attached hydrogens (tertiary/aromatic N) is 1. The number of nitrogens with two attached hydrogens (primary N) is 1. The van der Waals surface area contributed by atoms with Gasteiger partial charge < -0.3 is 10.6 Å². The Kier molecular flexibility index (Phi) is 5.12. The maximum atomic E-state index is 11.9. The molecule has 1 aromatic carbocycles. The van der Waals surface area contributed by atoms with Gasteiger partial charge in [-0.2, -0.15) is 8.42 Å². The zero-order valence-electron chi connectivity index (χ0n) is 11.5. The summed E-state index contributed by atoms with van der Waals surface area (Å²) >= 11 is 0. The van der Waals surface area contributed by atoms with Crippen LogP contribution in [0.15, 0.2) is 24.3 Å². The second-order valence-electron chi connectivity index (χ2n) is 4.80. The highest BCUT2D eigenvalue weighted by Gasteiger charge is 2.13. The van der Waals surface area contributed by atoms with Gasteiger partial charge >= 0.3 is 0 Å². The molecule has 1 aliphatic rings. The molecule has 1 saturated heterocycles. The lowest BCUT2D eigenvalue weighted by molar-refractivity contribution is -0.117. The summed E-state index contributed by atoms with van der Waals surface area (Å²) < 4.78 is 24.1. The van der Waals surface area contributed by atoms with Gasteiger partial charge in [-0.3, -0.25) is 14.4 Å². The topological polar surface area (TPSA) is 117 Å². The van der Waals surface area contributed by atoms with Crippen LogP contribution in [-0.4, -0.2) is 51.9 Å². The van der Waals surface area contributed by atoms with Crippen LogP contribution in [-0.2, 0) is 15.0 Å². The van der Waals surface area contributed by atoms with Gasteiger partial charge in [0.05, 0.1) is 12.2 Å². The lowest BCUT2D eigenvalue weighted by atomic mass is 10.3. The van der Waals surface area contributed by atoms with Crippen molar-refractivity contribution >= 4 is 27.5 Å². The van der Waals surface area contributed by atoms with E-state index in [2.05, 4.69) is 20.3 Å². The van der Waals surface area contributed by atoms with Crippen molar-refractivity contribution in [3.63, 3.8) is 0 Å². The van der Waals surface area contributed by atoms with Gasteiger partial charge in [0.2, 0.25) is 5.91 Å². The molecular formula is C12H19N5O3S. The van der Waals surface area contributed by atoms with Crippen molar-refractivity contribution in [1.29, 1.82) is 0 Å². The molecule has 8 nitrogen and oxygen atoms in total. The Morgan fingerprint density at radius 3 is 2.62 bits per heavy atom. The summed E-state index contributed by atoms with van der Waals surface area (Å²) in [5.74, 6) is -0.135. The lowest BCUT2D eigenvalue weighted by Gasteiger charge is -2.26. The van der Waals surface area contributed by atoms with E-state index in [1.165, 1.54) is 6.07 Å². The van der Waals surface area contributed by atoms with E-state index in [1.54, 1.807) is 18.2 Å². The summed E-state index contributed by atoms with van der Waals surface area (Å²) in [5, 5.41) is 10.9. The molecule has 0 unspecified atom stereocenters. The van der Waals surface area contributed by atoms with Crippen LogP contribution in [0.5, 0.6) is 0 Å². The summed E-state index contributed by atoms with van der Waals surface area (Å²) in [6, 6.07) is 6.38. The number of carbonyl (C=O) groups excluding carboxylic acids is 1. The minimum atomic E-state index is -3.82. The van der Waals surface area contributed by atoms with Crippen LogP contribution in [0.1, 0.15) is 0 Å². The summed E-state index contributed by atoms with van der Waals surface area (Å²) in [6.45, 7) is 3.73. The van der Waals surface area contributed by atoms with E-state index in [-0.39, 0.29) is 5.91 Å². The SMILES string of the molecule is NS(=O)(=O)Nc1cccc(NC(=O)CN2CCNCC2)c1. The van der Waals surface area contributed by atoms with Crippen LogP contribution < -0.4 is 20.5 Å². The van der Waals surface area contributed by atoms with Crippen molar-refractivity contribution in [2.24, 2.45) is 5.14 Å². The molecule has 0 radical (unpaired) electrons. The van der Waals surface area contributed by atoms with Crippen molar-refractivity contribution in [3.8, 4) is 0 Å². The van der Waals surface area contributed by atoms with Gasteiger partial charge in [-0.25, -0.2) is 5.14 Å². The third-order valence-corrected chi connectivity index (χ3v) is 3.50. The number of nitrogens with one attached hydrogen (secondary N) is 3. The summed E-state index contributed by atoms with van der Waals surface area (Å²) in [6.07, 6.45) is 0. The molecule has 0 saturated carbocycles. The highest BCUT2D eigenvalue weighted by Crippen LogP contribution is 2.15. The van der Waals surface area contributed by atoms with E-state index in [0.717, 1.165) is 26.2 Å². The van der Waals surface area contributed by atoms with E-state index in [9.17, 15) is 13.2 Å². The molecule has 0 bridgehead atoms. The molecular weight excluding hydrogens is 294 g/mol. The maximum Gasteiger partial charge on any atom is 0.296 e. The molecule has 1 heterocycles. The monoisotopic (exact) mass is 313 g/mol. The molecule has 1 fully saturated rings. The number of hydrogen-bond acceptors (Lipinski definition) is 5. The average molecular weight is 313 g/mol. The van der Waals surface area contributed by atoms with Crippen molar-refractivity contribution in [3.05, 3.63) is 24.3 Å². The highest BCUT2D eigenvalue weighted by atomic mass is 32.2. The number of rotatable bonds is 5. The van der Waals surface area contributed by atoms with Crippen molar-refractivity contribution < 1.29 is 13.2 Å². The van der Waals surface area contributed by atoms with E-state index in [1.807, 2.05) is 0 Å². The Hall–Kier alpha value is -1.68. The van der Waals surface area contributed by atoms with Gasteiger partial charge in [-0.1, -0.05) is 6.07 Å². The summed E-state index contributed by atoms with van der Waals surface area (Å²) in [4.78, 5) is 14.0. The number of anilines is 2. The van der Waals surface area contributed by atoms with Gasteiger partial charge in [0.1, 0.15) is 0 Å². The standard InChI is InChI=1S/C12H19N5O3S/c13-21(19,20)16-11-3-1-2-10(8-11)15-12(18)9-17-6-4-14-5-7-17/h1-3,8,14,16H,4-7,9H2,(H,15,18)(H2,13,19,20). The molecule has 5 N–H and O–H groups in total. The Bertz CT molecular complexity index is 599. The van der Waals surface area contributed by atoms with E-state index in [0.29, 0.717) is 17.9 Å². The number of benzene rings is 1. The number of amides is 1. The highest BCUT2D eigenvalue weighted by molar-refractivity contribution is 7.90. The molecule has 0 spiro atoms. The fourth-order valence-corrected chi connectivity index (χ4v) is 2.55. The molecule has 1 amide bonds. The molecule has 0 aliphatic carbocycles. The third-order valence-electron chi connectivity index (χ3n) is 2.98. The molecule has 2 rings (SSSR count). The summed E-state index contributed by atoms with van der Waals surface area (Å²) in [5.41, 5.74) is 0.821. The second kappa shape index (κ2) is 6.85.